The van der Waals surface area contributed by atoms with Gasteiger partial charge in [0.15, 0.2) is 0 Å². The van der Waals surface area contributed by atoms with Crippen LogP contribution < -0.4 is 5.32 Å². The minimum absolute atomic E-state index is 0.00789. The third kappa shape index (κ3) is 3.71. The van der Waals surface area contributed by atoms with Gasteiger partial charge in [-0.25, -0.2) is 0 Å². The van der Waals surface area contributed by atoms with Gasteiger partial charge in [0.05, 0.1) is 12.6 Å². The number of halogens is 1. The number of nitrogens with zero attached hydrogens (tertiary/aromatic N) is 1. The van der Waals surface area contributed by atoms with Gasteiger partial charge in [-0.15, -0.1) is 0 Å². The first-order chi connectivity index (χ1) is 8.24. The number of nitrogens with one attached hydrogen (secondary N) is 2. The topological polar surface area (TPSA) is 57.8 Å². The molecular weight excluding hydrogens is 282 g/mol. The Morgan fingerprint density at radius 1 is 1.29 bits per heavy atom. The maximum absolute atomic E-state index is 11.6. The number of hydrogen-bond donors (Lipinski definition) is 2. The molecule has 0 bridgehead atoms. The van der Waals surface area contributed by atoms with Gasteiger partial charge in [-0.05, 0) is 17.7 Å². The third-order valence-electron chi connectivity index (χ3n) is 2.32. The lowest BCUT2D eigenvalue weighted by Crippen LogP contribution is -2.24. The second-order valence-corrected chi connectivity index (χ2v) is 4.60. The van der Waals surface area contributed by atoms with Crippen LogP contribution in [0.4, 0.5) is 0 Å². The highest BCUT2D eigenvalue weighted by molar-refractivity contribution is 9.10. The predicted octanol–water partition coefficient (Wildman–Crippen LogP) is 2.03. The fourth-order valence-corrected chi connectivity index (χ4v) is 1.69. The minimum Gasteiger partial charge on any atom is -0.352 e. The zero-order valence-corrected chi connectivity index (χ0v) is 10.7. The molecule has 0 aliphatic heterocycles. The SMILES string of the molecule is O=C(Cc1ccc(Br)cc1)NCc1cn[nH]c1. The van der Waals surface area contributed by atoms with E-state index in [4.69, 9.17) is 0 Å². The molecule has 17 heavy (non-hydrogen) atoms. The summed E-state index contributed by atoms with van der Waals surface area (Å²) < 4.78 is 1.01. The summed E-state index contributed by atoms with van der Waals surface area (Å²) in [5.41, 5.74) is 1.96. The van der Waals surface area contributed by atoms with E-state index < -0.39 is 0 Å². The lowest BCUT2D eigenvalue weighted by molar-refractivity contribution is -0.120. The van der Waals surface area contributed by atoms with Gasteiger partial charge in [-0.1, -0.05) is 28.1 Å². The fourth-order valence-electron chi connectivity index (χ4n) is 1.43. The van der Waals surface area contributed by atoms with Crippen LogP contribution in [0.5, 0.6) is 0 Å². The Morgan fingerprint density at radius 2 is 2.06 bits per heavy atom. The van der Waals surface area contributed by atoms with E-state index in [-0.39, 0.29) is 5.91 Å². The summed E-state index contributed by atoms with van der Waals surface area (Å²) in [7, 11) is 0. The van der Waals surface area contributed by atoms with Gasteiger partial charge in [-0.2, -0.15) is 5.10 Å². The number of benzene rings is 1. The van der Waals surface area contributed by atoms with Gasteiger partial charge in [0.25, 0.3) is 0 Å². The zero-order chi connectivity index (χ0) is 12.1. The molecule has 4 nitrogen and oxygen atoms in total. The third-order valence-corrected chi connectivity index (χ3v) is 2.85. The minimum atomic E-state index is 0.00789. The second kappa shape index (κ2) is 5.63. The Labute approximate surface area is 108 Å². The Bertz CT molecular complexity index is 479. The van der Waals surface area contributed by atoms with Gasteiger partial charge in [0.2, 0.25) is 5.91 Å². The molecule has 1 heterocycles. The molecule has 0 aliphatic rings. The van der Waals surface area contributed by atoms with Crippen LogP contribution in [0.2, 0.25) is 0 Å². The molecule has 2 rings (SSSR count). The smallest absolute Gasteiger partial charge is 0.224 e. The largest absolute Gasteiger partial charge is 0.352 e. The summed E-state index contributed by atoms with van der Waals surface area (Å²) in [6, 6.07) is 7.72. The van der Waals surface area contributed by atoms with E-state index in [2.05, 4.69) is 31.4 Å². The summed E-state index contributed by atoms with van der Waals surface area (Å²) in [6.07, 6.45) is 3.85. The first kappa shape index (κ1) is 11.9. The van der Waals surface area contributed by atoms with Crippen LogP contribution in [0.1, 0.15) is 11.1 Å². The number of carbonyl (C=O) groups excluding carboxylic acids is 1. The Kier molecular flexibility index (Phi) is 3.93. The van der Waals surface area contributed by atoms with E-state index in [1.54, 1.807) is 12.4 Å². The van der Waals surface area contributed by atoms with Crippen molar-refractivity contribution >= 4 is 21.8 Å². The van der Waals surface area contributed by atoms with Crippen molar-refractivity contribution < 1.29 is 4.79 Å². The Morgan fingerprint density at radius 3 is 2.71 bits per heavy atom. The van der Waals surface area contributed by atoms with E-state index in [1.165, 1.54) is 0 Å². The molecule has 5 heteroatoms. The molecule has 0 saturated heterocycles. The van der Waals surface area contributed by atoms with Gasteiger partial charge < -0.3 is 5.32 Å². The summed E-state index contributed by atoms with van der Waals surface area (Å²) >= 11 is 3.36. The lowest BCUT2D eigenvalue weighted by atomic mass is 10.1. The first-order valence-electron chi connectivity index (χ1n) is 5.23. The van der Waals surface area contributed by atoms with Crippen molar-refractivity contribution in [3.05, 3.63) is 52.3 Å². The summed E-state index contributed by atoms with van der Waals surface area (Å²) in [5.74, 6) is 0.00789. The van der Waals surface area contributed by atoms with Crippen molar-refractivity contribution in [2.45, 2.75) is 13.0 Å². The van der Waals surface area contributed by atoms with Crippen molar-refractivity contribution in [3.63, 3.8) is 0 Å². The molecule has 0 spiro atoms. The monoisotopic (exact) mass is 293 g/mol. The van der Waals surface area contributed by atoms with Crippen molar-refractivity contribution in [1.82, 2.24) is 15.5 Å². The maximum atomic E-state index is 11.6. The zero-order valence-electron chi connectivity index (χ0n) is 9.11. The first-order valence-corrected chi connectivity index (χ1v) is 6.02. The molecule has 1 amide bonds. The molecule has 1 aromatic heterocycles. The Hall–Kier alpha value is -1.62. The number of aromatic nitrogens is 2. The molecule has 0 aliphatic carbocycles. The highest BCUT2D eigenvalue weighted by atomic mass is 79.9. The molecule has 2 aromatic rings. The second-order valence-electron chi connectivity index (χ2n) is 3.69. The molecule has 0 radical (unpaired) electrons. The van der Waals surface area contributed by atoms with Gasteiger partial charge >= 0.3 is 0 Å². The number of amides is 1. The van der Waals surface area contributed by atoms with Crippen LogP contribution in [0.25, 0.3) is 0 Å². The average Bonchev–Trinajstić information content (AvgIpc) is 2.83. The Balaban J connectivity index is 1.83. The van der Waals surface area contributed by atoms with Crippen LogP contribution >= 0.6 is 15.9 Å². The normalized spacial score (nSPS) is 10.2. The van der Waals surface area contributed by atoms with Crippen molar-refractivity contribution in [3.8, 4) is 0 Å². The average molecular weight is 294 g/mol. The van der Waals surface area contributed by atoms with Crippen LogP contribution in [0, 0.1) is 0 Å². The van der Waals surface area contributed by atoms with Crippen LogP contribution in [-0.2, 0) is 17.8 Å². The van der Waals surface area contributed by atoms with E-state index in [1.807, 2.05) is 24.3 Å². The highest BCUT2D eigenvalue weighted by Gasteiger charge is 2.03. The molecule has 1 aromatic carbocycles. The molecular formula is C12H12BrN3O. The van der Waals surface area contributed by atoms with Crippen molar-refractivity contribution in [2.75, 3.05) is 0 Å². The van der Waals surface area contributed by atoms with Crippen LogP contribution in [0.3, 0.4) is 0 Å². The van der Waals surface area contributed by atoms with Gasteiger partial charge in [-0.3, -0.25) is 9.89 Å². The lowest BCUT2D eigenvalue weighted by Gasteiger charge is -2.03. The number of H-pyrrole nitrogens is 1. The molecule has 88 valence electrons. The molecule has 0 unspecified atom stereocenters. The summed E-state index contributed by atoms with van der Waals surface area (Å²) in [6.45, 7) is 0.506. The number of aromatic amines is 1. The van der Waals surface area contributed by atoms with E-state index in [9.17, 15) is 4.79 Å². The molecule has 0 fully saturated rings. The standard InChI is InChI=1S/C12H12BrN3O/c13-11-3-1-9(2-4-11)5-12(17)14-6-10-7-15-16-8-10/h1-4,7-8H,5-6H2,(H,14,17)(H,15,16). The molecule has 0 saturated carbocycles. The molecule has 0 atom stereocenters. The highest BCUT2D eigenvalue weighted by Crippen LogP contribution is 2.10. The fraction of sp³-hybridized carbons (Fsp3) is 0.167. The van der Waals surface area contributed by atoms with Crippen molar-refractivity contribution in [2.24, 2.45) is 0 Å². The van der Waals surface area contributed by atoms with Gasteiger partial charge in [0.1, 0.15) is 0 Å². The molecule has 2 N–H and O–H groups in total. The van der Waals surface area contributed by atoms with E-state index in [0.717, 1.165) is 15.6 Å². The van der Waals surface area contributed by atoms with Crippen molar-refractivity contribution in [1.29, 1.82) is 0 Å². The van der Waals surface area contributed by atoms with Crippen LogP contribution in [-0.4, -0.2) is 16.1 Å². The van der Waals surface area contributed by atoms with E-state index >= 15 is 0 Å². The number of carbonyl (C=O) groups is 1. The van der Waals surface area contributed by atoms with Crippen LogP contribution in [0.15, 0.2) is 41.1 Å². The number of rotatable bonds is 4. The number of hydrogen-bond acceptors (Lipinski definition) is 2. The van der Waals surface area contributed by atoms with Gasteiger partial charge in [0, 0.05) is 22.8 Å². The van der Waals surface area contributed by atoms with E-state index in [0.29, 0.717) is 13.0 Å². The summed E-state index contributed by atoms with van der Waals surface area (Å²) in [5, 5.41) is 9.35. The predicted molar refractivity (Wildman–Crippen MR) is 68.3 cm³/mol. The quantitative estimate of drug-likeness (QED) is 0.906. The maximum Gasteiger partial charge on any atom is 0.224 e. The summed E-state index contributed by atoms with van der Waals surface area (Å²) in [4.78, 5) is 11.6.